The molecule has 0 bridgehead atoms. The van der Waals surface area contributed by atoms with Crippen molar-refractivity contribution in [2.24, 2.45) is 5.92 Å². The Balaban J connectivity index is 1.95. The third-order valence-electron chi connectivity index (χ3n) is 4.41. The van der Waals surface area contributed by atoms with Crippen LogP contribution in [0.2, 0.25) is 0 Å². The molecule has 2 unspecified atom stereocenters. The standard InChI is InChI=1S/C14H27NO2/c1-3-13(15-4-2)12-5-8-17-14(11-12)6-9-16-10-7-14/h12-13,15H,3-11H2,1-2H3. The maximum atomic E-state index is 6.10. The summed E-state index contributed by atoms with van der Waals surface area (Å²) in [4.78, 5) is 0. The maximum absolute atomic E-state index is 6.10. The highest BCUT2D eigenvalue weighted by molar-refractivity contribution is 4.92. The first-order valence-corrected chi connectivity index (χ1v) is 7.25. The molecular weight excluding hydrogens is 214 g/mol. The lowest BCUT2D eigenvalue weighted by molar-refractivity contribution is -0.150. The summed E-state index contributed by atoms with van der Waals surface area (Å²) in [7, 11) is 0. The van der Waals surface area contributed by atoms with Crippen LogP contribution in [0.1, 0.15) is 46.0 Å². The van der Waals surface area contributed by atoms with Gasteiger partial charge in [-0.1, -0.05) is 13.8 Å². The van der Waals surface area contributed by atoms with Crippen LogP contribution in [0.25, 0.3) is 0 Å². The first kappa shape index (κ1) is 13.3. The second kappa shape index (κ2) is 6.17. The average Bonchev–Trinajstić information content (AvgIpc) is 2.37. The van der Waals surface area contributed by atoms with Crippen molar-refractivity contribution in [1.82, 2.24) is 5.32 Å². The lowest BCUT2D eigenvalue weighted by Gasteiger charge is -2.45. The number of hydrogen-bond donors (Lipinski definition) is 1. The molecule has 2 aliphatic heterocycles. The predicted molar refractivity (Wildman–Crippen MR) is 69.2 cm³/mol. The van der Waals surface area contributed by atoms with Crippen molar-refractivity contribution in [2.45, 2.75) is 57.6 Å². The van der Waals surface area contributed by atoms with E-state index in [1.807, 2.05) is 0 Å². The number of nitrogens with one attached hydrogen (secondary N) is 1. The molecular formula is C14H27NO2. The quantitative estimate of drug-likeness (QED) is 0.819. The number of ether oxygens (including phenoxy) is 2. The molecule has 2 rings (SSSR count). The van der Waals surface area contributed by atoms with Gasteiger partial charge in [0.05, 0.1) is 5.60 Å². The van der Waals surface area contributed by atoms with Gasteiger partial charge in [-0.15, -0.1) is 0 Å². The van der Waals surface area contributed by atoms with Crippen molar-refractivity contribution >= 4 is 0 Å². The summed E-state index contributed by atoms with van der Waals surface area (Å²) >= 11 is 0. The van der Waals surface area contributed by atoms with Crippen LogP contribution < -0.4 is 5.32 Å². The van der Waals surface area contributed by atoms with Crippen LogP contribution in [-0.4, -0.2) is 38.0 Å². The predicted octanol–water partition coefficient (Wildman–Crippen LogP) is 2.35. The van der Waals surface area contributed by atoms with Crippen LogP contribution in [0, 0.1) is 5.92 Å². The van der Waals surface area contributed by atoms with E-state index >= 15 is 0 Å². The molecule has 1 N–H and O–H groups in total. The highest BCUT2D eigenvalue weighted by Gasteiger charge is 2.40. The largest absolute Gasteiger partial charge is 0.381 e. The van der Waals surface area contributed by atoms with Crippen molar-refractivity contribution in [2.75, 3.05) is 26.4 Å². The zero-order valence-corrected chi connectivity index (χ0v) is 11.3. The van der Waals surface area contributed by atoms with Crippen molar-refractivity contribution < 1.29 is 9.47 Å². The van der Waals surface area contributed by atoms with Crippen LogP contribution in [0.3, 0.4) is 0 Å². The fourth-order valence-corrected chi connectivity index (χ4v) is 3.41. The van der Waals surface area contributed by atoms with E-state index in [9.17, 15) is 0 Å². The summed E-state index contributed by atoms with van der Waals surface area (Å²) in [6.45, 7) is 8.26. The Hall–Kier alpha value is -0.120. The molecule has 2 atom stereocenters. The van der Waals surface area contributed by atoms with Gasteiger partial charge in [0.15, 0.2) is 0 Å². The van der Waals surface area contributed by atoms with Crippen molar-refractivity contribution in [3.05, 3.63) is 0 Å². The van der Waals surface area contributed by atoms with Crippen LogP contribution in [0.15, 0.2) is 0 Å². The van der Waals surface area contributed by atoms with Crippen LogP contribution >= 0.6 is 0 Å². The second-order valence-electron chi connectivity index (χ2n) is 5.47. The molecule has 17 heavy (non-hydrogen) atoms. The summed E-state index contributed by atoms with van der Waals surface area (Å²) in [6.07, 6.45) is 5.85. The molecule has 3 nitrogen and oxygen atoms in total. The van der Waals surface area contributed by atoms with Crippen molar-refractivity contribution in [3.63, 3.8) is 0 Å². The van der Waals surface area contributed by atoms with Crippen molar-refractivity contribution in [3.8, 4) is 0 Å². The van der Waals surface area contributed by atoms with Gasteiger partial charge in [0.25, 0.3) is 0 Å². The average molecular weight is 241 g/mol. The van der Waals surface area contributed by atoms with Gasteiger partial charge in [-0.3, -0.25) is 0 Å². The smallest absolute Gasteiger partial charge is 0.0729 e. The molecule has 0 saturated carbocycles. The summed E-state index contributed by atoms with van der Waals surface area (Å²) in [5.41, 5.74) is 0.143. The molecule has 100 valence electrons. The van der Waals surface area contributed by atoms with Crippen molar-refractivity contribution in [1.29, 1.82) is 0 Å². The Morgan fingerprint density at radius 3 is 2.65 bits per heavy atom. The number of hydrogen-bond acceptors (Lipinski definition) is 3. The first-order valence-electron chi connectivity index (χ1n) is 7.25. The monoisotopic (exact) mass is 241 g/mol. The minimum absolute atomic E-state index is 0.143. The van der Waals surface area contributed by atoms with Crippen LogP contribution in [0.4, 0.5) is 0 Å². The van der Waals surface area contributed by atoms with Crippen LogP contribution in [0.5, 0.6) is 0 Å². The Kier molecular flexibility index (Phi) is 4.83. The molecule has 1 spiro atoms. The molecule has 0 amide bonds. The molecule has 2 heterocycles. The Morgan fingerprint density at radius 2 is 2.00 bits per heavy atom. The lowest BCUT2D eigenvalue weighted by Crippen LogP contribution is -2.49. The van der Waals surface area contributed by atoms with E-state index < -0.39 is 0 Å². The maximum Gasteiger partial charge on any atom is 0.0729 e. The van der Waals surface area contributed by atoms with E-state index in [1.165, 1.54) is 19.3 Å². The van der Waals surface area contributed by atoms with Crippen LogP contribution in [-0.2, 0) is 9.47 Å². The van der Waals surface area contributed by atoms with E-state index in [2.05, 4.69) is 19.2 Å². The molecule has 0 radical (unpaired) electrons. The minimum atomic E-state index is 0.143. The number of rotatable bonds is 4. The summed E-state index contributed by atoms with van der Waals surface area (Å²) in [6, 6.07) is 0.670. The summed E-state index contributed by atoms with van der Waals surface area (Å²) in [5, 5.41) is 3.64. The molecule has 2 aliphatic rings. The second-order valence-corrected chi connectivity index (χ2v) is 5.47. The molecule has 0 aliphatic carbocycles. The van der Waals surface area contributed by atoms with Gasteiger partial charge in [0, 0.05) is 25.9 Å². The molecule has 0 aromatic carbocycles. The van der Waals surface area contributed by atoms with Gasteiger partial charge >= 0.3 is 0 Å². The van der Waals surface area contributed by atoms with Gasteiger partial charge in [0.2, 0.25) is 0 Å². The summed E-state index contributed by atoms with van der Waals surface area (Å²) < 4.78 is 11.6. The third-order valence-corrected chi connectivity index (χ3v) is 4.41. The first-order chi connectivity index (χ1) is 8.29. The van der Waals surface area contributed by atoms with Gasteiger partial charge < -0.3 is 14.8 Å². The van der Waals surface area contributed by atoms with E-state index in [0.717, 1.165) is 45.1 Å². The fraction of sp³-hybridized carbons (Fsp3) is 1.00. The van der Waals surface area contributed by atoms with Gasteiger partial charge in [0.1, 0.15) is 0 Å². The molecule has 0 aromatic heterocycles. The normalized spacial score (nSPS) is 30.4. The molecule has 3 heteroatoms. The van der Waals surface area contributed by atoms with Gasteiger partial charge in [-0.2, -0.15) is 0 Å². The topological polar surface area (TPSA) is 30.5 Å². The van der Waals surface area contributed by atoms with E-state index in [0.29, 0.717) is 6.04 Å². The highest BCUT2D eigenvalue weighted by Crippen LogP contribution is 2.38. The third kappa shape index (κ3) is 3.21. The van der Waals surface area contributed by atoms with E-state index in [1.54, 1.807) is 0 Å². The summed E-state index contributed by atoms with van der Waals surface area (Å²) in [5.74, 6) is 0.784. The Bertz CT molecular complexity index is 221. The van der Waals surface area contributed by atoms with Gasteiger partial charge in [-0.25, -0.2) is 0 Å². The zero-order valence-electron chi connectivity index (χ0n) is 11.3. The Labute approximate surface area is 105 Å². The fourth-order valence-electron chi connectivity index (χ4n) is 3.41. The van der Waals surface area contributed by atoms with E-state index in [-0.39, 0.29) is 5.60 Å². The van der Waals surface area contributed by atoms with E-state index in [4.69, 9.17) is 9.47 Å². The SMILES string of the molecule is CCNC(CC)C1CCOC2(CCOCC2)C1. The minimum Gasteiger partial charge on any atom is -0.381 e. The van der Waals surface area contributed by atoms with Gasteiger partial charge in [-0.05, 0) is 44.6 Å². The zero-order chi connectivity index (χ0) is 12.1. The molecule has 2 saturated heterocycles. The molecule has 0 aromatic rings. The molecule has 2 fully saturated rings. The highest BCUT2D eigenvalue weighted by atomic mass is 16.5. The lowest BCUT2D eigenvalue weighted by atomic mass is 9.77. The Morgan fingerprint density at radius 1 is 1.24 bits per heavy atom.